The molecule has 2 fully saturated rings. The number of rotatable bonds is 7. The second-order valence-corrected chi connectivity index (χ2v) is 10.9. The smallest absolute Gasteiger partial charge is 0.261 e. The lowest BCUT2D eigenvalue weighted by atomic mass is 9.90. The minimum atomic E-state index is -0.153. The van der Waals surface area contributed by atoms with Crippen molar-refractivity contribution in [3.05, 3.63) is 45.9 Å². The first-order chi connectivity index (χ1) is 16.3. The van der Waals surface area contributed by atoms with Crippen molar-refractivity contribution in [3.63, 3.8) is 0 Å². The number of fused-ring (bicyclic) bond motifs is 1. The van der Waals surface area contributed by atoms with Crippen LogP contribution in [0.25, 0.3) is 10.9 Å². The summed E-state index contributed by atoms with van der Waals surface area (Å²) in [7, 11) is 3.68. The van der Waals surface area contributed by atoms with Gasteiger partial charge in [-0.2, -0.15) is 0 Å². The summed E-state index contributed by atoms with van der Waals surface area (Å²) in [6.07, 6.45) is 0.827. The van der Waals surface area contributed by atoms with Crippen LogP contribution in [0.3, 0.4) is 0 Å². The number of likely N-dealkylation sites (tertiary alicyclic amines) is 1. The number of amides is 1. The zero-order valence-electron chi connectivity index (χ0n) is 19.3. The third kappa shape index (κ3) is 4.68. The van der Waals surface area contributed by atoms with Crippen molar-refractivity contribution < 1.29 is 19.1 Å². The Balaban J connectivity index is 1.21. The highest BCUT2D eigenvalue weighted by Crippen LogP contribution is 2.34. The summed E-state index contributed by atoms with van der Waals surface area (Å²) in [4.78, 5) is 37.9. The van der Waals surface area contributed by atoms with Crippen LogP contribution in [0.2, 0.25) is 0 Å². The van der Waals surface area contributed by atoms with Gasteiger partial charge in [0.2, 0.25) is 0 Å². The zero-order valence-corrected chi connectivity index (χ0v) is 20.9. The van der Waals surface area contributed by atoms with Crippen LogP contribution in [0.15, 0.2) is 35.4 Å². The highest BCUT2D eigenvalue weighted by atomic mass is 32.2. The number of methoxy groups -OCH3 is 1. The molecule has 2 saturated heterocycles. The van der Waals surface area contributed by atoms with Crippen molar-refractivity contribution in [2.75, 3.05) is 39.6 Å². The molecule has 34 heavy (non-hydrogen) atoms. The molecule has 1 atom stereocenters. The number of ether oxygens (including phenoxy) is 2. The van der Waals surface area contributed by atoms with E-state index in [9.17, 15) is 9.59 Å². The van der Waals surface area contributed by atoms with E-state index in [1.54, 1.807) is 19.2 Å². The molecule has 178 valence electrons. The van der Waals surface area contributed by atoms with Gasteiger partial charge in [0.1, 0.15) is 16.6 Å². The van der Waals surface area contributed by atoms with Crippen LogP contribution in [0.5, 0.6) is 5.75 Å². The lowest BCUT2D eigenvalue weighted by Gasteiger charge is -2.45. The monoisotopic (exact) mass is 498 g/mol. The molecule has 0 saturated carbocycles. The molecule has 2 aromatic heterocycles. The molecule has 2 aliphatic rings. The summed E-state index contributed by atoms with van der Waals surface area (Å²) in [6, 6.07) is 9.07. The van der Waals surface area contributed by atoms with E-state index in [4.69, 9.17) is 9.47 Å². The van der Waals surface area contributed by atoms with E-state index in [-0.39, 0.29) is 29.1 Å². The third-order valence-corrected chi connectivity index (χ3v) is 8.20. The maximum Gasteiger partial charge on any atom is 0.261 e. The molecular formula is C24H26N4O4S2. The first-order valence-electron chi connectivity index (χ1n) is 11.1. The molecule has 0 unspecified atom stereocenters. The van der Waals surface area contributed by atoms with Crippen molar-refractivity contribution in [2.24, 2.45) is 0 Å². The van der Waals surface area contributed by atoms with Gasteiger partial charge in [0, 0.05) is 24.9 Å². The molecule has 0 aliphatic carbocycles. The van der Waals surface area contributed by atoms with E-state index < -0.39 is 0 Å². The van der Waals surface area contributed by atoms with E-state index in [0.29, 0.717) is 27.9 Å². The molecule has 1 N–H and O–H groups in total. The van der Waals surface area contributed by atoms with E-state index in [0.717, 1.165) is 35.4 Å². The average Bonchev–Trinajstić information content (AvgIpc) is 3.45. The number of thiophene rings is 1. The van der Waals surface area contributed by atoms with Gasteiger partial charge < -0.3 is 19.7 Å². The second kappa shape index (κ2) is 9.26. The molecular weight excluding hydrogens is 472 g/mol. The van der Waals surface area contributed by atoms with Crippen LogP contribution < -0.4 is 10.1 Å². The summed E-state index contributed by atoms with van der Waals surface area (Å²) < 4.78 is 11.3. The topological polar surface area (TPSA) is 93.7 Å². The third-order valence-electron chi connectivity index (χ3n) is 6.08. The summed E-state index contributed by atoms with van der Waals surface area (Å²) >= 11 is 2.59. The number of hydrogen-bond donors (Lipinski definition) is 1. The van der Waals surface area contributed by atoms with Crippen LogP contribution in [0.1, 0.15) is 31.6 Å². The van der Waals surface area contributed by atoms with Crippen LogP contribution in [0, 0.1) is 6.92 Å². The fourth-order valence-electron chi connectivity index (χ4n) is 4.59. The Kier molecular flexibility index (Phi) is 6.32. The minimum absolute atomic E-state index is 0.00397. The molecule has 1 spiro atoms. The van der Waals surface area contributed by atoms with Crippen molar-refractivity contribution in [1.29, 1.82) is 0 Å². The molecule has 0 radical (unpaired) electrons. The Labute approximate surface area is 206 Å². The number of aromatic nitrogens is 2. The van der Waals surface area contributed by atoms with Crippen LogP contribution in [-0.2, 0) is 4.74 Å². The summed E-state index contributed by atoms with van der Waals surface area (Å²) in [5.41, 5.74) is 0.707. The second-order valence-electron chi connectivity index (χ2n) is 8.88. The summed E-state index contributed by atoms with van der Waals surface area (Å²) in [6.45, 7) is 4.18. The Morgan fingerprint density at radius 3 is 2.82 bits per heavy atom. The van der Waals surface area contributed by atoms with E-state index in [1.165, 1.54) is 23.1 Å². The first-order valence-corrected chi connectivity index (χ1v) is 12.9. The van der Waals surface area contributed by atoms with Gasteiger partial charge in [0.25, 0.3) is 5.91 Å². The van der Waals surface area contributed by atoms with Gasteiger partial charge in [-0.05, 0) is 44.3 Å². The largest absolute Gasteiger partial charge is 0.497 e. The Morgan fingerprint density at radius 1 is 1.26 bits per heavy atom. The van der Waals surface area contributed by atoms with Crippen molar-refractivity contribution in [1.82, 2.24) is 20.2 Å². The van der Waals surface area contributed by atoms with E-state index in [1.807, 2.05) is 25.1 Å². The zero-order chi connectivity index (χ0) is 23.9. The highest BCUT2D eigenvalue weighted by molar-refractivity contribution is 8.00. The van der Waals surface area contributed by atoms with Gasteiger partial charge in [-0.1, -0.05) is 11.8 Å². The minimum Gasteiger partial charge on any atom is -0.497 e. The number of thioether (sulfide) groups is 1. The Bertz CT molecular complexity index is 1250. The number of likely N-dealkylation sites (N-methyl/N-ethyl adjacent to an activating group) is 1. The molecule has 0 bridgehead atoms. The van der Waals surface area contributed by atoms with Crippen molar-refractivity contribution in [3.8, 4) is 5.75 Å². The number of carbonyl (C=O) groups is 2. The molecule has 4 heterocycles. The van der Waals surface area contributed by atoms with Crippen LogP contribution >= 0.6 is 23.1 Å². The number of Topliss-reactive ketones (excluding diaryl/α,β-unsaturated/α-hetero) is 1. The quantitative estimate of drug-likeness (QED) is 0.302. The normalized spacial score (nSPS) is 19.3. The van der Waals surface area contributed by atoms with Gasteiger partial charge in [0.15, 0.2) is 5.78 Å². The number of benzene rings is 1. The molecule has 5 rings (SSSR count). The van der Waals surface area contributed by atoms with E-state index >= 15 is 0 Å². The predicted octanol–water partition coefficient (Wildman–Crippen LogP) is 3.19. The Hall–Kier alpha value is -2.53. The standard InChI is InChI=1S/C24H26N4O4S2/c1-14-25-18-5-4-16(31-3)8-17(18)23(26-14)33-11-19(29)20-6-7-21(34-20)22(30)27-15-9-24(32-10-15)12-28(2)13-24/h4-8,15H,9-13H2,1-3H3,(H,27,30)/t15-/m0/s1. The molecule has 1 aromatic carbocycles. The molecule has 8 nitrogen and oxygen atoms in total. The van der Waals surface area contributed by atoms with E-state index in [2.05, 4.69) is 27.2 Å². The SMILES string of the molecule is COc1ccc2nc(C)nc(SCC(=O)c3ccc(C(=O)N[C@@H]4COC5(C4)CN(C)C5)s3)c2c1. The molecule has 10 heteroatoms. The fraction of sp³-hybridized carbons (Fsp3) is 0.417. The predicted molar refractivity (Wildman–Crippen MR) is 132 cm³/mol. The average molecular weight is 499 g/mol. The lowest BCUT2D eigenvalue weighted by Crippen LogP contribution is -2.60. The van der Waals surface area contributed by atoms with Gasteiger partial charge in [0.05, 0.1) is 46.4 Å². The Morgan fingerprint density at radius 2 is 2.06 bits per heavy atom. The van der Waals surface area contributed by atoms with Gasteiger partial charge >= 0.3 is 0 Å². The van der Waals surface area contributed by atoms with Crippen LogP contribution in [-0.4, -0.2) is 77.8 Å². The molecule has 2 aliphatic heterocycles. The number of aryl methyl sites for hydroxylation is 1. The molecule has 3 aromatic rings. The number of hydrogen-bond acceptors (Lipinski definition) is 9. The summed E-state index contributed by atoms with van der Waals surface area (Å²) in [5.74, 6) is 1.39. The highest BCUT2D eigenvalue weighted by Gasteiger charge is 2.48. The maximum atomic E-state index is 12.9. The van der Waals surface area contributed by atoms with Crippen molar-refractivity contribution in [2.45, 2.75) is 30.0 Å². The van der Waals surface area contributed by atoms with Gasteiger partial charge in [-0.15, -0.1) is 11.3 Å². The molecule has 1 amide bonds. The first kappa shape index (κ1) is 23.2. The number of carbonyl (C=O) groups excluding carboxylic acids is 2. The number of nitrogens with zero attached hydrogens (tertiary/aromatic N) is 3. The van der Waals surface area contributed by atoms with Crippen molar-refractivity contribution >= 4 is 45.7 Å². The summed E-state index contributed by atoms with van der Waals surface area (Å²) in [5, 5.41) is 4.65. The number of nitrogens with one attached hydrogen (secondary N) is 1. The van der Waals surface area contributed by atoms with Crippen LogP contribution in [0.4, 0.5) is 0 Å². The number of ketones is 1. The van der Waals surface area contributed by atoms with Gasteiger partial charge in [-0.3, -0.25) is 9.59 Å². The van der Waals surface area contributed by atoms with Gasteiger partial charge in [-0.25, -0.2) is 9.97 Å². The lowest BCUT2D eigenvalue weighted by molar-refractivity contribution is -0.100. The maximum absolute atomic E-state index is 12.9. The fourth-order valence-corrected chi connectivity index (χ4v) is 6.47.